The lowest BCUT2D eigenvalue weighted by Crippen LogP contribution is -2.52. The van der Waals surface area contributed by atoms with Gasteiger partial charge in [0.25, 0.3) is 5.69 Å². The molecule has 0 aliphatic heterocycles. The van der Waals surface area contributed by atoms with Gasteiger partial charge in [-0.3, -0.25) is 14.9 Å². The topological polar surface area (TPSA) is 175 Å². The molecular formula is C29H37FN4O9. The second kappa shape index (κ2) is 16.6. The molecule has 0 aromatic heterocycles. The van der Waals surface area contributed by atoms with E-state index in [1.54, 1.807) is 27.7 Å². The van der Waals surface area contributed by atoms with Gasteiger partial charge in [0.2, 0.25) is 5.91 Å². The number of halogens is 1. The van der Waals surface area contributed by atoms with Crippen LogP contribution in [0.4, 0.5) is 19.7 Å². The number of nitrogens with zero attached hydrogens (tertiary/aromatic N) is 1. The average molecular weight is 605 g/mol. The maximum atomic E-state index is 13.4. The Labute approximate surface area is 248 Å². The maximum Gasteiger partial charge on any atom is 0.408 e. The van der Waals surface area contributed by atoms with Gasteiger partial charge >= 0.3 is 18.2 Å². The molecule has 0 saturated heterocycles. The van der Waals surface area contributed by atoms with E-state index >= 15 is 0 Å². The van der Waals surface area contributed by atoms with Crippen LogP contribution in [0.1, 0.15) is 51.7 Å². The molecule has 3 amide bonds. The number of amides is 3. The molecule has 0 bridgehead atoms. The van der Waals surface area contributed by atoms with Crippen molar-refractivity contribution >= 4 is 29.8 Å². The van der Waals surface area contributed by atoms with E-state index in [2.05, 4.69) is 16.0 Å². The largest absolute Gasteiger partial charge is 0.464 e. The molecular weight excluding hydrogens is 567 g/mol. The number of nitro groups is 1. The number of nitro benzene ring substituents is 1. The Bertz CT molecular complexity index is 1250. The summed E-state index contributed by atoms with van der Waals surface area (Å²) in [4.78, 5) is 60.8. The fourth-order valence-corrected chi connectivity index (χ4v) is 3.69. The number of hydrogen-bond acceptors (Lipinski definition) is 9. The van der Waals surface area contributed by atoms with Crippen LogP contribution in [0.3, 0.4) is 0 Å². The highest BCUT2D eigenvalue weighted by molar-refractivity contribution is 5.89. The van der Waals surface area contributed by atoms with Crippen LogP contribution >= 0.6 is 0 Å². The molecule has 3 N–H and O–H groups in total. The molecule has 2 rings (SSSR count). The molecule has 0 unspecified atom stereocenters. The monoisotopic (exact) mass is 604 g/mol. The van der Waals surface area contributed by atoms with Crippen LogP contribution in [0.2, 0.25) is 0 Å². The van der Waals surface area contributed by atoms with Crippen LogP contribution in [0.5, 0.6) is 0 Å². The number of non-ortho nitro benzene ring substituents is 1. The minimum Gasteiger partial charge on any atom is -0.464 e. The summed E-state index contributed by atoms with van der Waals surface area (Å²) >= 11 is 0. The second-order valence-electron chi connectivity index (χ2n) is 10.4. The molecule has 234 valence electrons. The lowest BCUT2D eigenvalue weighted by Gasteiger charge is -2.23. The molecule has 0 aliphatic rings. The lowest BCUT2D eigenvalue weighted by atomic mass is 10.0. The molecule has 2 atom stereocenters. The van der Waals surface area contributed by atoms with Gasteiger partial charge in [0.15, 0.2) is 0 Å². The van der Waals surface area contributed by atoms with E-state index in [1.807, 2.05) is 0 Å². The number of nitrogens with one attached hydrogen (secondary N) is 3. The number of carbonyl (C=O) groups excluding carboxylic acids is 4. The molecule has 0 spiro atoms. The number of ether oxygens (including phenoxy) is 3. The quantitative estimate of drug-likeness (QED) is 0.0949. The summed E-state index contributed by atoms with van der Waals surface area (Å²) in [5.74, 6) is -1.90. The van der Waals surface area contributed by atoms with Gasteiger partial charge in [-0.05, 0) is 75.9 Å². The third kappa shape index (κ3) is 13.2. The van der Waals surface area contributed by atoms with Gasteiger partial charge < -0.3 is 30.2 Å². The van der Waals surface area contributed by atoms with Crippen LogP contribution in [-0.4, -0.2) is 59.8 Å². The highest BCUT2D eigenvalue weighted by atomic mass is 19.1. The zero-order valence-electron chi connectivity index (χ0n) is 24.5. The smallest absolute Gasteiger partial charge is 0.408 e. The van der Waals surface area contributed by atoms with Crippen molar-refractivity contribution in [2.75, 3.05) is 13.2 Å². The van der Waals surface area contributed by atoms with Crippen molar-refractivity contribution in [3.63, 3.8) is 0 Å². The predicted octanol–water partition coefficient (Wildman–Crippen LogP) is 3.92. The van der Waals surface area contributed by atoms with Crippen molar-refractivity contribution in [3.05, 3.63) is 75.6 Å². The first-order valence-electron chi connectivity index (χ1n) is 13.6. The average Bonchev–Trinajstić information content (AvgIpc) is 2.93. The van der Waals surface area contributed by atoms with E-state index in [0.717, 1.165) is 0 Å². The van der Waals surface area contributed by atoms with Gasteiger partial charge in [-0.15, -0.1) is 0 Å². The zero-order valence-corrected chi connectivity index (χ0v) is 24.5. The van der Waals surface area contributed by atoms with Gasteiger partial charge in [-0.2, -0.15) is 0 Å². The van der Waals surface area contributed by atoms with Crippen LogP contribution in [-0.2, 0) is 36.8 Å². The first-order valence-corrected chi connectivity index (χ1v) is 13.6. The highest BCUT2D eigenvalue weighted by Crippen LogP contribution is 2.13. The summed E-state index contributed by atoms with van der Waals surface area (Å²) in [5.41, 5.74) is 0.216. The van der Waals surface area contributed by atoms with Crippen LogP contribution in [0.15, 0.2) is 48.5 Å². The molecule has 0 aliphatic carbocycles. The molecule has 43 heavy (non-hydrogen) atoms. The Morgan fingerprint density at radius 1 is 0.907 bits per heavy atom. The van der Waals surface area contributed by atoms with E-state index in [1.165, 1.54) is 48.5 Å². The molecule has 0 heterocycles. The van der Waals surface area contributed by atoms with Crippen molar-refractivity contribution in [1.29, 1.82) is 0 Å². The number of hydrogen-bond donors (Lipinski definition) is 3. The summed E-state index contributed by atoms with van der Waals surface area (Å²) in [6.45, 7) is 6.70. The predicted molar refractivity (Wildman–Crippen MR) is 152 cm³/mol. The van der Waals surface area contributed by atoms with Gasteiger partial charge in [0.05, 0.1) is 11.5 Å². The van der Waals surface area contributed by atoms with Crippen LogP contribution in [0.25, 0.3) is 0 Å². The van der Waals surface area contributed by atoms with Gasteiger partial charge in [0, 0.05) is 25.1 Å². The van der Waals surface area contributed by atoms with Crippen molar-refractivity contribution in [3.8, 4) is 0 Å². The van der Waals surface area contributed by atoms with E-state index in [9.17, 15) is 33.7 Å². The number of carbonyl (C=O) groups is 4. The summed E-state index contributed by atoms with van der Waals surface area (Å²) in [6.07, 6.45) is -1.32. The standard InChI is InChI=1S/C29H37FN4O9/c1-5-41-26(36)24(17-19-8-12-21(30)13-9-19)32-25(35)23(7-6-16-31-27(37)43-29(2,3)4)33-28(38)42-18-20-10-14-22(15-11-20)34(39)40/h8-15,23-24H,5-7,16-18H2,1-4H3,(H,31,37)(H,32,35)(H,33,38)/t23-,24+/m1/s1. The normalized spacial score (nSPS) is 12.3. The number of esters is 1. The first kappa shape index (κ1) is 34.5. The Morgan fingerprint density at radius 2 is 1.53 bits per heavy atom. The first-order chi connectivity index (χ1) is 20.3. The Balaban J connectivity index is 2.10. The molecule has 2 aromatic rings. The fraction of sp³-hybridized carbons (Fsp3) is 0.448. The molecule has 0 saturated carbocycles. The Kier molecular flexibility index (Phi) is 13.3. The summed E-state index contributed by atoms with van der Waals surface area (Å²) in [7, 11) is 0. The Hall–Kier alpha value is -4.75. The van der Waals surface area contributed by atoms with Gasteiger partial charge in [-0.25, -0.2) is 18.8 Å². The minimum atomic E-state index is -1.19. The summed E-state index contributed by atoms with van der Waals surface area (Å²) < 4.78 is 28.8. The van der Waals surface area contributed by atoms with Crippen LogP contribution < -0.4 is 16.0 Å². The van der Waals surface area contributed by atoms with Crippen molar-refractivity contribution in [2.45, 2.75) is 71.2 Å². The minimum absolute atomic E-state index is 0.00234. The van der Waals surface area contributed by atoms with E-state index in [4.69, 9.17) is 14.2 Å². The van der Waals surface area contributed by atoms with E-state index in [-0.39, 0.29) is 44.7 Å². The third-order valence-electron chi connectivity index (χ3n) is 5.70. The Morgan fingerprint density at radius 3 is 2.12 bits per heavy atom. The maximum absolute atomic E-state index is 13.4. The van der Waals surface area contributed by atoms with E-state index < -0.39 is 52.5 Å². The third-order valence-corrected chi connectivity index (χ3v) is 5.70. The number of rotatable bonds is 14. The van der Waals surface area contributed by atoms with Crippen molar-refractivity contribution in [2.24, 2.45) is 0 Å². The van der Waals surface area contributed by atoms with Gasteiger partial charge in [-0.1, -0.05) is 12.1 Å². The van der Waals surface area contributed by atoms with Crippen molar-refractivity contribution < 1.29 is 42.7 Å². The zero-order chi connectivity index (χ0) is 32.0. The molecule has 14 heteroatoms. The molecule has 0 radical (unpaired) electrons. The second-order valence-corrected chi connectivity index (χ2v) is 10.4. The van der Waals surface area contributed by atoms with Gasteiger partial charge in [0.1, 0.15) is 30.1 Å². The molecule has 2 aromatic carbocycles. The lowest BCUT2D eigenvalue weighted by molar-refractivity contribution is -0.384. The summed E-state index contributed by atoms with van der Waals surface area (Å²) in [5, 5.41) is 18.5. The number of alkyl carbamates (subject to hydrolysis) is 2. The van der Waals surface area contributed by atoms with Crippen molar-refractivity contribution in [1.82, 2.24) is 16.0 Å². The molecule has 13 nitrogen and oxygen atoms in total. The number of benzene rings is 2. The summed E-state index contributed by atoms with van der Waals surface area (Å²) in [6, 6.07) is 8.46. The highest BCUT2D eigenvalue weighted by Gasteiger charge is 2.28. The molecule has 0 fully saturated rings. The SMILES string of the molecule is CCOC(=O)[C@H](Cc1ccc(F)cc1)NC(=O)[C@@H](CCCNC(=O)OC(C)(C)C)NC(=O)OCc1ccc([N+](=O)[O-])cc1. The van der Waals surface area contributed by atoms with E-state index in [0.29, 0.717) is 11.1 Å². The fourth-order valence-electron chi connectivity index (χ4n) is 3.69. The van der Waals surface area contributed by atoms with Crippen LogP contribution in [0, 0.1) is 15.9 Å².